The lowest BCUT2D eigenvalue weighted by Crippen LogP contribution is -2.24. The quantitative estimate of drug-likeness (QED) is 0.500. The number of hydrogen-bond acceptors (Lipinski definition) is 7. The van der Waals surface area contributed by atoms with Crippen molar-refractivity contribution in [1.29, 1.82) is 0 Å². The minimum Gasteiger partial charge on any atom is -0.350 e. The lowest BCUT2D eigenvalue weighted by atomic mass is 10.4. The van der Waals surface area contributed by atoms with Crippen LogP contribution in [0.15, 0.2) is 20.8 Å². The minimum atomic E-state index is -0.00934. The van der Waals surface area contributed by atoms with Gasteiger partial charge in [0.1, 0.15) is 0 Å². The summed E-state index contributed by atoms with van der Waals surface area (Å²) in [4.78, 5) is 12.9. The Labute approximate surface area is 151 Å². The smallest absolute Gasteiger partial charge is 0.230 e. The first-order chi connectivity index (χ1) is 10.7. The summed E-state index contributed by atoms with van der Waals surface area (Å²) >= 11 is 12.0. The molecule has 0 spiro atoms. The van der Waals surface area contributed by atoms with Gasteiger partial charge in [-0.3, -0.25) is 4.79 Å². The third-order valence-electron chi connectivity index (χ3n) is 2.53. The van der Waals surface area contributed by atoms with Gasteiger partial charge >= 0.3 is 0 Å². The fourth-order valence-electron chi connectivity index (χ4n) is 1.43. The Morgan fingerprint density at radius 2 is 2.05 bits per heavy atom. The Hall–Kier alpha value is -0.280. The van der Waals surface area contributed by atoms with Crippen LogP contribution in [0.4, 0.5) is 0 Å². The summed E-state index contributed by atoms with van der Waals surface area (Å²) in [5, 5.41) is 11.1. The van der Waals surface area contributed by atoms with Crippen LogP contribution in [0.3, 0.4) is 0 Å². The summed E-state index contributed by atoms with van der Waals surface area (Å²) in [5.74, 6) is 1.41. The zero-order chi connectivity index (χ0) is 15.8. The predicted molar refractivity (Wildman–Crippen MR) is 97.4 cm³/mol. The number of amides is 1. The molecule has 2 rings (SSSR count). The van der Waals surface area contributed by atoms with Crippen molar-refractivity contribution in [3.05, 3.63) is 21.3 Å². The second-order valence-electron chi connectivity index (χ2n) is 4.31. The number of halogens is 1. The monoisotopic (exact) mass is 393 g/mol. The molecule has 2 aromatic rings. The van der Waals surface area contributed by atoms with Crippen molar-refractivity contribution < 1.29 is 4.79 Å². The molecule has 0 aromatic carbocycles. The first-order valence-corrected chi connectivity index (χ1v) is 10.8. The summed E-state index contributed by atoms with van der Waals surface area (Å²) in [6.45, 7) is 2.69. The molecule has 0 aliphatic carbocycles. The molecule has 0 atom stereocenters. The van der Waals surface area contributed by atoms with E-state index in [1.165, 1.54) is 35.9 Å². The fourth-order valence-corrected chi connectivity index (χ4v) is 5.46. The molecule has 0 saturated carbocycles. The van der Waals surface area contributed by atoms with Gasteiger partial charge < -0.3 is 5.32 Å². The summed E-state index contributed by atoms with van der Waals surface area (Å²) < 4.78 is 2.55. The van der Waals surface area contributed by atoms with E-state index in [4.69, 9.17) is 11.6 Å². The molecule has 0 saturated heterocycles. The van der Waals surface area contributed by atoms with Gasteiger partial charge in [-0.15, -0.1) is 21.5 Å². The molecule has 0 radical (unpaired) electrons. The Morgan fingerprint density at radius 1 is 1.27 bits per heavy atom. The van der Waals surface area contributed by atoms with E-state index < -0.39 is 0 Å². The third-order valence-corrected chi connectivity index (χ3v) is 7.03. The van der Waals surface area contributed by atoms with E-state index in [1.807, 2.05) is 12.1 Å². The summed E-state index contributed by atoms with van der Waals surface area (Å²) in [6.07, 6.45) is 2.37. The maximum Gasteiger partial charge on any atom is 0.230 e. The summed E-state index contributed by atoms with van der Waals surface area (Å²) in [6, 6.07) is 3.76. The summed E-state index contributed by atoms with van der Waals surface area (Å²) in [5.41, 5.74) is 0. The van der Waals surface area contributed by atoms with E-state index in [-0.39, 0.29) is 5.91 Å². The average molecular weight is 394 g/mol. The van der Waals surface area contributed by atoms with Crippen LogP contribution in [0.5, 0.6) is 0 Å². The summed E-state index contributed by atoms with van der Waals surface area (Å²) in [7, 11) is 0. The molecule has 0 aliphatic rings. The van der Waals surface area contributed by atoms with Gasteiger partial charge in [-0.25, -0.2) is 0 Å². The first-order valence-electron chi connectivity index (χ1n) is 6.77. The van der Waals surface area contributed by atoms with Gasteiger partial charge in [0.05, 0.1) is 16.6 Å². The largest absolute Gasteiger partial charge is 0.350 e. The normalized spacial score (nSPS) is 10.8. The lowest BCUT2D eigenvalue weighted by Gasteiger charge is -2.01. The first kappa shape index (κ1) is 18.1. The van der Waals surface area contributed by atoms with Crippen molar-refractivity contribution in [1.82, 2.24) is 15.5 Å². The van der Waals surface area contributed by atoms with Crippen LogP contribution < -0.4 is 5.32 Å². The van der Waals surface area contributed by atoms with E-state index in [0.717, 1.165) is 23.6 Å². The number of unbranched alkanes of at least 4 members (excludes halogenated alkanes) is 1. The second kappa shape index (κ2) is 9.77. The maximum atomic E-state index is 11.8. The van der Waals surface area contributed by atoms with E-state index in [2.05, 4.69) is 22.4 Å². The molecule has 1 amide bonds. The van der Waals surface area contributed by atoms with E-state index in [1.54, 1.807) is 23.1 Å². The lowest BCUT2D eigenvalue weighted by molar-refractivity contribution is -0.118. The number of hydrogen-bond donors (Lipinski definition) is 1. The molecule has 2 aromatic heterocycles. The Kier molecular flexibility index (Phi) is 8.02. The highest BCUT2D eigenvalue weighted by Gasteiger charge is 2.09. The average Bonchev–Trinajstić information content (AvgIpc) is 3.12. The molecule has 0 unspecified atom stereocenters. The van der Waals surface area contributed by atoms with E-state index in [0.29, 0.717) is 12.3 Å². The third kappa shape index (κ3) is 6.45. The Morgan fingerprint density at radius 3 is 2.73 bits per heavy atom. The van der Waals surface area contributed by atoms with Gasteiger partial charge in [-0.05, 0) is 18.6 Å². The van der Waals surface area contributed by atoms with Gasteiger partial charge in [0, 0.05) is 10.6 Å². The van der Waals surface area contributed by atoms with Crippen molar-refractivity contribution in [2.75, 3.05) is 11.5 Å². The van der Waals surface area contributed by atoms with Gasteiger partial charge in [0.15, 0.2) is 8.68 Å². The van der Waals surface area contributed by atoms with Crippen LogP contribution >= 0.6 is 57.8 Å². The van der Waals surface area contributed by atoms with Crippen molar-refractivity contribution >= 4 is 63.7 Å². The molecule has 2 heterocycles. The molecule has 0 aliphatic heterocycles. The highest BCUT2D eigenvalue weighted by Crippen LogP contribution is 2.29. The number of aromatic nitrogens is 2. The SMILES string of the molecule is CCCCSc1nnc(SCC(=O)NCc2ccc(Cl)s2)s1. The number of carbonyl (C=O) groups is 1. The molecule has 22 heavy (non-hydrogen) atoms. The molecular formula is C13H16ClN3OS4. The highest BCUT2D eigenvalue weighted by molar-refractivity contribution is 8.03. The van der Waals surface area contributed by atoms with Crippen molar-refractivity contribution in [2.45, 2.75) is 35.0 Å². The number of carbonyl (C=O) groups excluding carboxylic acids is 1. The number of nitrogens with one attached hydrogen (secondary N) is 1. The molecule has 9 heteroatoms. The standard InChI is InChI=1S/C13H16ClN3OS4/c1-2-3-6-19-12-16-17-13(22-12)20-8-11(18)15-7-9-4-5-10(14)21-9/h4-5H,2-3,6-8H2,1H3,(H,15,18). The minimum absolute atomic E-state index is 0.00934. The van der Waals surface area contributed by atoms with E-state index >= 15 is 0 Å². The number of nitrogens with zero attached hydrogens (tertiary/aromatic N) is 2. The van der Waals surface area contributed by atoms with Crippen molar-refractivity contribution in [3.63, 3.8) is 0 Å². The zero-order valence-corrected chi connectivity index (χ0v) is 16.0. The van der Waals surface area contributed by atoms with Crippen LogP contribution in [0.25, 0.3) is 0 Å². The second-order valence-corrected chi connectivity index (χ2v) is 9.65. The van der Waals surface area contributed by atoms with Crippen LogP contribution in [0, 0.1) is 0 Å². The maximum absolute atomic E-state index is 11.8. The van der Waals surface area contributed by atoms with Crippen molar-refractivity contribution in [3.8, 4) is 0 Å². The van der Waals surface area contributed by atoms with Gasteiger partial charge in [0.25, 0.3) is 0 Å². The van der Waals surface area contributed by atoms with Crippen LogP contribution in [0.1, 0.15) is 24.6 Å². The van der Waals surface area contributed by atoms with Crippen LogP contribution in [-0.2, 0) is 11.3 Å². The van der Waals surface area contributed by atoms with Gasteiger partial charge in [0.2, 0.25) is 5.91 Å². The molecule has 0 fully saturated rings. The number of thiophene rings is 1. The van der Waals surface area contributed by atoms with Crippen molar-refractivity contribution in [2.24, 2.45) is 0 Å². The predicted octanol–water partition coefficient (Wildman–Crippen LogP) is 4.55. The highest BCUT2D eigenvalue weighted by atomic mass is 35.5. The van der Waals surface area contributed by atoms with Gasteiger partial charge in [-0.1, -0.05) is 59.8 Å². The van der Waals surface area contributed by atoms with Crippen LogP contribution in [-0.4, -0.2) is 27.6 Å². The Bertz CT molecular complexity index is 602. The number of thioether (sulfide) groups is 2. The number of rotatable bonds is 9. The Balaban J connectivity index is 1.67. The molecular weight excluding hydrogens is 378 g/mol. The topological polar surface area (TPSA) is 54.9 Å². The van der Waals surface area contributed by atoms with E-state index in [9.17, 15) is 4.79 Å². The molecule has 1 N–H and O–H groups in total. The van der Waals surface area contributed by atoms with Crippen LogP contribution in [0.2, 0.25) is 4.34 Å². The van der Waals surface area contributed by atoms with Gasteiger partial charge in [-0.2, -0.15) is 0 Å². The molecule has 4 nitrogen and oxygen atoms in total. The fraction of sp³-hybridized carbons (Fsp3) is 0.462. The zero-order valence-electron chi connectivity index (χ0n) is 12.0. The molecule has 120 valence electrons. The molecule has 0 bridgehead atoms.